The molecular weight excluding hydrogens is 244 g/mol. The second kappa shape index (κ2) is 4.04. The monoisotopic (exact) mass is 254 g/mol. The van der Waals surface area contributed by atoms with Crippen LogP contribution in [0.1, 0.15) is 18.4 Å². The third kappa shape index (κ3) is 1.78. The minimum atomic E-state index is -1.10. The Morgan fingerprint density at radius 1 is 1.47 bits per heavy atom. The van der Waals surface area contributed by atoms with Crippen molar-refractivity contribution in [2.24, 2.45) is 0 Å². The highest BCUT2D eigenvalue weighted by atomic mass is 35.5. The Morgan fingerprint density at radius 2 is 2.12 bits per heavy atom. The minimum absolute atomic E-state index is 0.0327. The van der Waals surface area contributed by atoms with Crippen LogP contribution in [0.5, 0.6) is 5.75 Å². The standard InChI is InChI=1S/C12H11ClO4/c1-17-10-3-2-7(4-9(10)13)12(11(15)16)5-8(14)6-12/h2-4H,5-6H2,1H3,(H,15,16). The maximum absolute atomic E-state index is 11.3. The Kier molecular flexibility index (Phi) is 2.83. The molecule has 2 rings (SSSR count). The van der Waals surface area contributed by atoms with Crippen LogP contribution in [0.4, 0.5) is 0 Å². The summed E-state index contributed by atoms with van der Waals surface area (Å²) >= 11 is 5.95. The predicted octanol–water partition coefficient (Wildman–Crippen LogP) is 2.03. The molecule has 0 atom stereocenters. The first kappa shape index (κ1) is 11.9. The number of Topliss-reactive ketones (excluding diaryl/α,β-unsaturated/α-hetero) is 1. The van der Waals surface area contributed by atoms with Gasteiger partial charge in [0.25, 0.3) is 0 Å². The largest absolute Gasteiger partial charge is 0.495 e. The van der Waals surface area contributed by atoms with Crippen molar-refractivity contribution in [1.82, 2.24) is 0 Å². The molecule has 1 aromatic carbocycles. The Bertz CT molecular complexity index is 487. The fourth-order valence-electron chi connectivity index (χ4n) is 2.06. The van der Waals surface area contributed by atoms with Crippen LogP contribution >= 0.6 is 11.6 Å². The van der Waals surface area contributed by atoms with Crippen molar-refractivity contribution in [2.45, 2.75) is 18.3 Å². The van der Waals surface area contributed by atoms with E-state index in [1.165, 1.54) is 7.11 Å². The van der Waals surface area contributed by atoms with Crippen LogP contribution in [-0.2, 0) is 15.0 Å². The quantitative estimate of drug-likeness (QED) is 0.897. The minimum Gasteiger partial charge on any atom is -0.495 e. The van der Waals surface area contributed by atoms with Gasteiger partial charge in [-0.1, -0.05) is 17.7 Å². The maximum atomic E-state index is 11.3. The van der Waals surface area contributed by atoms with Gasteiger partial charge in [0.2, 0.25) is 0 Å². The summed E-state index contributed by atoms with van der Waals surface area (Å²) in [4.78, 5) is 22.4. The van der Waals surface area contributed by atoms with E-state index >= 15 is 0 Å². The number of aliphatic carboxylic acids is 1. The van der Waals surface area contributed by atoms with Crippen LogP contribution in [0.3, 0.4) is 0 Å². The van der Waals surface area contributed by atoms with E-state index in [0.717, 1.165) is 0 Å². The molecule has 17 heavy (non-hydrogen) atoms. The number of hydrogen-bond acceptors (Lipinski definition) is 3. The number of rotatable bonds is 3. The zero-order valence-electron chi connectivity index (χ0n) is 9.20. The molecule has 5 heteroatoms. The summed E-state index contributed by atoms with van der Waals surface area (Å²) in [6.07, 6.45) is 0.0655. The fraction of sp³-hybridized carbons (Fsp3) is 0.333. The van der Waals surface area contributed by atoms with Gasteiger partial charge in [-0.25, -0.2) is 0 Å². The molecule has 0 amide bonds. The summed E-state index contributed by atoms with van der Waals surface area (Å²) in [5, 5.41) is 9.60. The van der Waals surface area contributed by atoms with Gasteiger partial charge in [-0.2, -0.15) is 0 Å². The number of hydrogen-bond donors (Lipinski definition) is 1. The first-order chi connectivity index (χ1) is 7.99. The van der Waals surface area contributed by atoms with E-state index in [1.54, 1.807) is 18.2 Å². The molecule has 0 radical (unpaired) electrons. The number of carbonyl (C=O) groups is 2. The maximum Gasteiger partial charge on any atom is 0.315 e. The lowest BCUT2D eigenvalue weighted by Crippen LogP contribution is -2.48. The van der Waals surface area contributed by atoms with Crippen LogP contribution in [0.15, 0.2) is 18.2 Å². The van der Waals surface area contributed by atoms with E-state index in [1.807, 2.05) is 0 Å². The van der Waals surface area contributed by atoms with Crippen LogP contribution in [-0.4, -0.2) is 24.0 Å². The van der Waals surface area contributed by atoms with Gasteiger partial charge in [-0.05, 0) is 17.7 Å². The van der Waals surface area contributed by atoms with Crippen molar-refractivity contribution in [1.29, 1.82) is 0 Å². The lowest BCUT2D eigenvalue weighted by molar-refractivity contribution is -0.153. The number of halogens is 1. The fourth-order valence-corrected chi connectivity index (χ4v) is 2.32. The molecule has 0 aliphatic heterocycles. The zero-order chi connectivity index (χ0) is 12.6. The third-order valence-electron chi connectivity index (χ3n) is 3.11. The molecule has 0 aromatic heterocycles. The van der Waals surface area contributed by atoms with Gasteiger partial charge >= 0.3 is 5.97 Å². The van der Waals surface area contributed by atoms with E-state index in [-0.39, 0.29) is 18.6 Å². The van der Waals surface area contributed by atoms with Crippen molar-refractivity contribution >= 4 is 23.4 Å². The van der Waals surface area contributed by atoms with Gasteiger partial charge in [0.1, 0.15) is 16.9 Å². The van der Waals surface area contributed by atoms with Gasteiger partial charge in [0.15, 0.2) is 0 Å². The molecular formula is C12H11ClO4. The summed E-state index contributed by atoms with van der Waals surface area (Å²) in [7, 11) is 1.49. The molecule has 1 aliphatic rings. The predicted molar refractivity (Wildman–Crippen MR) is 61.6 cm³/mol. The van der Waals surface area contributed by atoms with E-state index in [0.29, 0.717) is 16.3 Å². The number of carbonyl (C=O) groups excluding carboxylic acids is 1. The average Bonchev–Trinajstić information content (AvgIpc) is 2.24. The molecule has 4 nitrogen and oxygen atoms in total. The number of carboxylic acids is 1. The van der Waals surface area contributed by atoms with E-state index in [2.05, 4.69) is 0 Å². The number of methoxy groups -OCH3 is 1. The van der Waals surface area contributed by atoms with Crippen molar-refractivity contribution in [3.05, 3.63) is 28.8 Å². The second-order valence-corrected chi connectivity index (χ2v) is 4.54. The molecule has 0 spiro atoms. The average molecular weight is 255 g/mol. The topological polar surface area (TPSA) is 63.6 Å². The van der Waals surface area contributed by atoms with Crippen molar-refractivity contribution in [3.63, 3.8) is 0 Å². The lowest BCUT2D eigenvalue weighted by atomic mass is 9.63. The molecule has 1 saturated carbocycles. The van der Waals surface area contributed by atoms with Gasteiger partial charge in [-0.15, -0.1) is 0 Å². The number of ketones is 1. The summed E-state index contributed by atoms with van der Waals surface area (Å²) in [5.41, 5.74) is -0.553. The molecule has 0 heterocycles. The van der Waals surface area contributed by atoms with Crippen LogP contribution in [0.2, 0.25) is 5.02 Å². The summed E-state index contributed by atoms with van der Waals surface area (Å²) in [6, 6.07) is 4.82. The SMILES string of the molecule is COc1ccc(C2(C(=O)O)CC(=O)C2)cc1Cl. The summed E-state index contributed by atoms with van der Waals surface area (Å²) in [5.74, 6) is -0.542. The molecule has 1 fully saturated rings. The molecule has 1 aliphatic carbocycles. The van der Waals surface area contributed by atoms with Crippen molar-refractivity contribution < 1.29 is 19.4 Å². The lowest BCUT2D eigenvalue weighted by Gasteiger charge is -2.36. The van der Waals surface area contributed by atoms with E-state index in [4.69, 9.17) is 16.3 Å². The smallest absolute Gasteiger partial charge is 0.315 e. The van der Waals surface area contributed by atoms with Gasteiger partial charge in [0, 0.05) is 12.8 Å². The highest BCUT2D eigenvalue weighted by Crippen LogP contribution is 2.43. The third-order valence-corrected chi connectivity index (χ3v) is 3.41. The molecule has 1 aromatic rings. The highest BCUT2D eigenvalue weighted by molar-refractivity contribution is 6.32. The molecule has 0 unspecified atom stereocenters. The van der Waals surface area contributed by atoms with Crippen LogP contribution in [0.25, 0.3) is 0 Å². The number of carboxylic acid groups (broad SMARTS) is 1. The Balaban J connectivity index is 2.42. The second-order valence-electron chi connectivity index (χ2n) is 4.13. The van der Waals surface area contributed by atoms with Crippen LogP contribution in [0, 0.1) is 0 Å². The van der Waals surface area contributed by atoms with Gasteiger partial charge in [0.05, 0.1) is 12.1 Å². The Labute approximate surface area is 103 Å². The Morgan fingerprint density at radius 3 is 2.53 bits per heavy atom. The first-order valence-corrected chi connectivity index (χ1v) is 5.46. The van der Waals surface area contributed by atoms with E-state index < -0.39 is 11.4 Å². The summed E-state index contributed by atoms with van der Waals surface area (Å²) < 4.78 is 5.00. The summed E-state index contributed by atoms with van der Waals surface area (Å²) in [6.45, 7) is 0. The highest BCUT2D eigenvalue weighted by Gasteiger charge is 2.51. The number of ether oxygens (including phenoxy) is 1. The number of benzene rings is 1. The normalized spacial score (nSPS) is 17.4. The zero-order valence-corrected chi connectivity index (χ0v) is 9.95. The van der Waals surface area contributed by atoms with E-state index in [9.17, 15) is 14.7 Å². The van der Waals surface area contributed by atoms with Crippen molar-refractivity contribution in [2.75, 3.05) is 7.11 Å². The first-order valence-electron chi connectivity index (χ1n) is 5.09. The van der Waals surface area contributed by atoms with Crippen LogP contribution < -0.4 is 4.74 Å². The molecule has 0 saturated heterocycles. The Hall–Kier alpha value is -1.55. The van der Waals surface area contributed by atoms with Gasteiger partial charge < -0.3 is 9.84 Å². The molecule has 90 valence electrons. The van der Waals surface area contributed by atoms with Crippen molar-refractivity contribution in [3.8, 4) is 5.75 Å². The molecule has 1 N–H and O–H groups in total. The van der Waals surface area contributed by atoms with Gasteiger partial charge in [-0.3, -0.25) is 9.59 Å². The molecule has 0 bridgehead atoms.